The van der Waals surface area contributed by atoms with Crippen LogP contribution in [0.1, 0.15) is 39.7 Å². The van der Waals surface area contributed by atoms with Crippen LogP contribution in [0.15, 0.2) is 24.3 Å². The molecule has 0 heterocycles. The number of anilines is 1. The molecular formula is C15H24N2O. The summed E-state index contributed by atoms with van der Waals surface area (Å²) in [6.07, 6.45) is 1.96. The molecule has 0 saturated carbocycles. The molecule has 3 nitrogen and oxygen atoms in total. The Hall–Kier alpha value is -1.51. The molecule has 0 spiro atoms. The van der Waals surface area contributed by atoms with Gasteiger partial charge < -0.3 is 10.6 Å². The fourth-order valence-electron chi connectivity index (χ4n) is 1.74. The minimum Gasteiger partial charge on any atom is -0.335 e. The quantitative estimate of drug-likeness (QED) is 0.817. The molecular weight excluding hydrogens is 224 g/mol. The second-order valence-corrected chi connectivity index (χ2v) is 5.21. The summed E-state index contributed by atoms with van der Waals surface area (Å²) in [5.74, 6) is 0.620. The van der Waals surface area contributed by atoms with Gasteiger partial charge in [-0.25, -0.2) is 4.79 Å². The summed E-state index contributed by atoms with van der Waals surface area (Å²) in [5.41, 5.74) is 2.11. The van der Waals surface area contributed by atoms with Crippen molar-refractivity contribution < 1.29 is 4.79 Å². The van der Waals surface area contributed by atoms with Crippen molar-refractivity contribution in [2.24, 2.45) is 5.92 Å². The van der Waals surface area contributed by atoms with Gasteiger partial charge in [-0.2, -0.15) is 0 Å². The van der Waals surface area contributed by atoms with Crippen LogP contribution in [0.2, 0.25) is 0 Å². The summed E-state index contributed by atoms with van der Waals surface area (Å²) in [5, 5.41) is 5.76. The first kappa shape index (κ1) is 14.6. The number of nitrogens with one attached hydrogen (secondary N) is 2. The van der Waals surface area contributed by atoms with Crippen molar-refractivity contribution in [2.45, 2.75) is 46.6 Å². The number of hydrogen-bond acceptors (Lipinski definition) is 1. The zero-order valence-electron chi connectivity index (χ0n) is 11.8. The van der Waals surface area contributed by atoms with E-state index in [0.717, 1.165) is 18.5 Å². The largest absolute Gasteiger partial charge is 0.335 e. The summed E-state index contributed by atoms with van der Waals surface area (Å²) in [6, 6.07) is 8.10. The zero-order valence-corrected chi connectivity index (χ0v) is 11.8. The average Bonchev–Trinajstić information content (AvgIpc) is 2.28. The molecule has 0 radical (unpaired) electrons. The van der Waals surface area contributed by atoms with Crippen molar-refractivity contribution >= 4 is 11.7 Å². The van der Waals surface area contributed by atoms with Gasteiger partial charge in [0.25, 0.3) is 0 Å². The maximum atomic E-state index is 11.7. The molecule has 1 aromatic carbocycles. The highest BCUT2D eigenvalue weighted by atomic mass is 16.2. The lowest BCUT2D eigenvalue weighted by atomic mass is 10.0. The van der Waals surface area contributed by atoms with Crippen LogP contribution in [0, 0.1) is 5.92 Å². The summed E-state index contributed by atoms with van der Waals surface area (Å²) < 4.78 is 0. The van der Waals surface area contributed by atoms with E-state index in [2.05, 4.69) is 30.5 Å². The number of amides is 2. The molecule has 0 bridgehead atoms. The number of carbonyl (C=O) groups excluding carboxylic acids is 1. The predicted octanol–water partition coefficient (Wildman–Crippen LogP) is 3.81. The van der Waals surface area contributed by atoms with E-state index in [1.54, 1.807) is 0 Å². The highest BCUT2D eigenvalue weighted by Crippen LogP contribution is 2.14. The van der Waals surface area contributed by atoms with Gasteiger partial charge in [0.1, 0.15) is 0 Å². The summed E-state index contributed by atoms with van der Waals surface area (Å²) in [6.45, 7) is 8.43. The molecule has 0 aliphatic carbocycles. The first-order chi connectivity index (χ1) is 8.51. The molecule has 1 rings (SSSR count). The molecule has 0 aliphatic rings. The summed E-state index contributed by atoms with van der Waals surface area (Å²) in [7, 11) is 0. The number of rotatable bonds is 5. The van der Waals surface area contributed by atoms with E-state index in [-0.39, 0.29) is 12.1 Å². The Morgan fingerprint density at radius 1 is 1.28 bits per heavy atom. The van der Waals surface area contributed by atoms with Crippen LogP contribution in [-0.4, -0.2) is 12.1 Å². The first-order valence-corrected chi connectivity index (χ1v) is 6.67. The van der Waals surface area contributed by atoms with E-state index < -0.39 is 0 Å². The Bertz CT molecular complexity index is 388. The standard InChI is InChI=1S/C15H24N2O/c1-5-12(4)16-15(18)17-14-8-6-7-13(10-14)9-11(2)3/h6-8,10-12H,5,9H2,1-4H3,(H2,16,17,18). The normalized spacial score (nSPS) is 12.3. The van der Waals surface area contributed by atoms with Crippen molar-refractivity contribution in [1.82, 2.24) is 5.32 Å². The molecule has 0 aliphatic heterocycles. The van der Waals surface area contributed by atoms with E-state index in [1.807, 2.05) is 32.0 Å². The lowest BCUT2D eigenvalue weighted by Crippen LogP contribution is -2.35. The van der Waals surface area contributed by atoms with Crippen molar-refractivity contribution in [3.63, 3.8) is 0 Å². The van der Waals surface area contributed by atoms with Gasteiger partial charge in [-0.15, -0.1) is 0 Å². The SMILES string of the molecule is CCC(C)NC(=O)Nc1cccc(CC(C)C)c1. The van der Waals surface area contributed by atoms with Gasteiger partial charge in [0.05, 0.1) is 0 Å². The highest BCUT2D eigenvalue weighted by Gasteiger charge is 2.06. The molecule has 2 amide bonds. The lowest BCUT2D eigenvalue weighted by Gasteiger charge is -2.13. The third kappa shape index (κ3) is 5.21. The van der Waals surface area contributed by atoms with Gasteiger partial charge >= 0.3 is 6.03 Å². The zero-order chi connectivity index (χ0) is 13.5. The average molecular weight is 248 g/mol. The fourth-order valence-corrected chi connectivity index (χ4v) is 1.74. The van der Waals surface area contributed by atoms with Crippen LogP contribution in [0.25, 0.3) is 0 Å². The molecule has 1 atom stereocenters. The monoisotopic (exact) mass is 248 g/mol. The highest BCUT2D eigenvalue weighted by molar-refractivity contribution is 5.89. The van der Waals surface area contributed by atoms with Crippen molar-refractivity contribution in [2.75, 3.05) is 5.32 Å². The van der Waals surface area contributed by atoms with E-state index in [9.17, 15) is 4.79 Å². The van der Waals surface area contributed by atoms with Gasteiger partial charge in [0.15, 0.2) is 0 Å². The molecule has 18 heavy (non-hydrogen) atoms. The van der Waals surface area contributed by atoms with Crippen LogP contribution in [0.4, 0.5) is 10.5 Å². The van der Waals surface area contributed by atoms with Crippen molar-refractivity contribution in [3.8, 4) is 0 Å². The van der Waals surface area contributed by atoms with Crippen LogP contribution >= 0.6 is 0 Å². The summed E-state index contributed by atoms with van der Waals surface area (Å²) in [4.78, 5) is 11.7. The lowest BCUT2D eigenvalue weighted by molar-refractivity contribution is 0.249. The molecule has 0 fully saturated rings. The van der Waals surface area contributed by atoms with Crippen LogP contribution in [0.3, 0.4) is 0 Å². The van der Waals surface area contributed by atoms with Gasteiger partial charge in [0.2, 0.25) is 0 Å². The number of benzene rings is 1. The first-order valence-electron chi connectivity index (χ1n) is 6.67. The Labute approximate surface area is 110 Å². The Kier molecular flexibility index (Phi) is 5.69. The van der Waals surface area contributed by atoms with E-state index in [4.69, 9.17) is 0 Å². The number of hydrogen-bond donors (Lipinski definition) is 2. The fraction of sp³-hybridized carbons (Fsp3) is 0.533. The van der Waals surface area contributed by atoms with E-state index in [0.29, 0.717) is 5.92 Å². The Morgan fingerprint density at radius 3 is 2.61 bits per heavy atom. The van der Waals surface area contributed by atoms with E-state index in [1.165, 1.54) is 5.56 Å². The molecule has 100 valence electrons. The van der Waals surface area contributed by atoms with Gasteiger partial charge in [-0.3, -0.25) is 0 Å². The second-order valence-electron chi connectivity index (χ2n) is 5.21. The van der Waals surface area contributed by atoms with Crippen molar-refractivity contribution in [1.29, 1.82) is 0 Å². The number of carbonyl (C=O) groups is 1. The minimum absolute atomic E-state index is 0.133. The maximum Gasteiger partial charge on any atom is 0.319 e. The maximum absolute atomic E-state index is 11.7. The van der Waals surface area contributed by atoms with E-state index >= 15 is 0 Å². The smallest absolute Gasteiger partial charge is 0.319 e. The Morgan fingerprint density at radius 2 is 2.00 bits per heavy atom. The molecule has 0 aromatic heterocycles. The third-order valence-electron chi connectivity index (χ3n) is 2.82. The molecule has 3 heteroatoms. The molecule has 0 saturated heterocycles. The van der Waals surface area contributed by atoms with Crippen LogP contribution in [0.5, 0.6) is 0 Å². The van der Waals surface area contributed by atoms with Gasteiger partial charge in [0, 0.05) is 11.7 Å². The molecule has 1 unspecified atom stereocenters. The molecule has 1 aromatic rings. The third-order valence-corrected chi connectivity index (χ3v) is 2.82. The summed E-state index contributed by atoms with van der Waals surface area (Å²) >= 11 is 0. The second kappa shape index (κ2) is 7.04. The topological polar surface area (TPSA) is 41.1 Å². The predicted molar refractivity (Wildman–Crippen MR) is 76.9 cm³/mol. The van der Waals surface area contributed by atoms with Crippen molar-refractivity contribution in [3.05, 3.63) is 29.8 Å². The number of urea groups is 1. The van der Waals surface area contributed by atoms with Crippen LogP contribution in [-0.2, 0) is 6.42 Å². The minimum atomic E-state index is -0.133. The van der Waals surface area contributed by atoms with Crippen LogP contribution < -0.4 is 10.6 Å². The van der Waals surface area contributed by atoms with Gasteiger partial charge in [-0.05, 0) is 43.4 Å². The van der Waals surface area contributed by atoms with Gasteiger partial charge in [-0.1, -0.05) is 32.9 Å². The Balaban J connectivity index is 2.59. The molecule has 2 N–H and O–H groups in total.